The van der Waals surface area contributed by atoms with Crippen molar-refractivity contribution in [3.63, 3.8) is 0 Å². The molecule has 0 aliphatic carbocycles. The van der Waals surface area contributed by atoms with Gasteiger partial charge in [0.1, 0.15) is 5.75 Å². The summed E-state index contributed by atoms with van der Waals surface area (Å²) in [6.45, 7) is 6.28. The monoisotopic (exact) mass is 583 g/mol. The standard InChI is InChI=1S/C27H27Cl2N7O2S/c1-17-12-18(2)31-27(30-17)39-16-23-25(32-33-36(23)21-14-19(28)13-20(29)15-21)26(37)35-10-8-34(9-11-35)22-6-4-5-7-24(22)38-3/h4-7,12-15H,8-11,16H2,1-3H3. The number of piperazine rings is 1. The molecule has 1 fully saturated rings. The van der Waals surface area contributed by atoms with E-state index in [1.54, 1.807) is 30.0 Å². The summed E-state index contributed by atoms with van der Waals surface area (Å²) in [5.41, 5.74) is 4.30. The third kappa shape index (κ3) is 6.13. The smallest absolute Gasteiger partial charge is 0.276 e. The second-order valence-electron chi connectivity index (χ2n) is 9.10. The zero-order chi connectivity index (χ0) is 27.5. The van der Waals surface area contributed by atoms with E-state index in [9.17, 15) is 4.79 Å². The van der Waals surface area contributed by atoms with Crippen LogP contribution in [0.25, 0.3) is 5.69 Å². The van der Waals surface area contributed by atoms with E-state index in [0.717, 1.165) is 22.8 Å². The van der Waals surface area contributed by atoms with E-state index in [1.165, 1.54) is 11.8 Å². The lowest BCUT2D eigenvalue weighted by molar-refractivity contribution is 0.0740. The van der Waals surface area contributed by atoms with Crippen molar-refractivity contribution in [3.8, 4) is 11.4 Å². The number of amides is 1. The molecule has 9 nitrogen and oxygen atoms in total. The summed E-state index contributed by atoms with van der Waals surface area (Å²) >= 11 is 14.0. The Labute approximate surface area is 241 Å². The Bertz CT molecular complexity index is 1460. The van der Waals surface area contributed by atoms with E-state index in [1.807, 2.05) is 49.1 Å². The molecular formula is C27H27Cl2N7O2S. The Kier molecular flexibility index (Phi) is 8.25. The highest BCUT2D eigenvalue weighted by atomic mass is 35.5. The van der Waals surface area contributed by atoms with Crippen LogP contribution in [0.1, 0.15) is 27.6 Å². The van der Waals surface area contributed by atoms with Crippen LogP contribution in [0.4, 0.5) is 5.69 Å². The molecular weight excluding hydrogens is 557 g/mol. The minimum atomic E-state index is -0.175. The van der Waals surface area contributed by atoms with Gasteiger partial charge in [-0.3, -0.25) is 4.79 Å². The topological polar surface area (TPSA) is 89.3 Å². The van der Waals surface area contributed by atoms with Crippen molar-refractivity contribution in [2.45, 2.75) is 24.8 Å². The van der Waals surface area contributed by atoms with E-state index in [0.29, 0.717) is 58.5 Å². The van der Waals surface area contributed by atoms with Gasteiger partial charge < -0.3 is 14.5 Å². The summed E-state index contributed by atoms with van der Waals surface area (Å²) in [6.07, 6.45) is 0. The zero-order valence-corrected chi connectivity index (χ0v) is 24.1. The number of hydrogen-bond acceptors (Lipinski definition) is 8. The van der Waals surface area contributed by atoms with Crippen LogP contribution in [0.5, 0.6) is 5.75 Å². The van der Waals surface area contributed by atoms with Crippen molar-refractivity contribution in [1.29, 1.82) is 0 Å². The maximum atomic E-state index is 13.8. The Hall–Kier alpha value is -3.34. The molecule has 4 aromatic rings. The number of halogens is 2. The SMILES string of the molecule is COc1ccccc1N1CCN(C(=O)c2nnn(-c3cc(Cl)cc(Cl)c3)c2CSc2nc(C)cc(C)n2)CC1. The van der Waals surface area contributed by atoms with Crippen LogP contribution in [0.3, 0.4) is 0 Å². The highest BCUT2D eigenvalue weighted by Crippen LogP contribution is 2.30. The number of aryl methyl sites for hydroxylation is 2. The normalized spacial score (nSPS) is 13.6. The molecule has 12 heteroatoms. The maximum Gasteiger partial charge on any atom is 0.276 e. The Balaban J connectivity index is 1.41. The number of thioether (sulfide) groups is 1. The van der Waals surface area contributed by atoms with E-state index < -0.39 is 0 Å². The molecule has 1 aliphatic rings. The fraction of sp³-hybridized carbons (Fsp3) is 0.296. The highest BCUT2D eigenvalue weighted by molar-refractivity contribution is 7.98. The third-order valence-electron chi connectivity index (χ3n) is 6.35. The Morgan fingerprint density at radius 1 is 0.974 bits per heavy atom. The molecule has 1 saturated heterocycles. The second-order valence-corrected chi connectivity index (χ2v) is 10.9. The van der Waals surface area contributed by atoms with E-state index in [-0.39, 0.29) is 11.6 Å². The first-order valence-corrected chi connectivity index (χ1v) is 14.1. The number of methoxy groups -OCH3 is 1. The number of anilines is 1. The summed E-state index contributed by atoms with van der Waals surface area (Å²) in [5, 5.41) is 10.2. The van der Waals surface area contributed by atoms with Crippen LogP contribution < -0.4 is 9.64 Å². The molecule has 2 aromatic heterocycles. The highest BCUT2D eigenvalue weighted by Gasteiger charge is 2.29. The zero-order valence-electron chi connectivity index (χ0n) is 21.8. The molecule has 0 spiro atoms. The molecule has 1 aliphatic heterocycles. The number of hydrogen-bond donors (Lipinski definition) is 0. The lowest BCUT2D eigenvalue weighted by Crippen LogP contribution is -2.49. The van der Waals surface area contributed by atoms with Crippen molar-refractivity contribution in [3.05, 3.63) is 81.4 Å². The van der Waals surface area contributed by atoms with Gasteiger partial charge in [-0.2, -0.15) is 0 Å². The quantitative estimate of drug-likeness (QED) is 0.215. The van der Waals surface area contributed by atoms with Gasteiger partial charge >= 0.3 is 0 Å². The van der Waals surface area contributed by atoms with Gasteiger partial charge in [0.2, 0.25) is 0 Å². The molecule has 0 bridgehead atoms. The average molecular weight is 585 g/mol. The number of rotatable bonds is 7. The third-order valence-corrected chi connectivity index (χ3v) is 7.65. The van der Waals surface area contributed by atoms with Crippen molar-refractivity contribution >= 4 is 46.6 Å². The Morgan fingerprint density at radius 2 is 1.64 bits per heavy atom. The molecule has 0 atom stereocenters. The van der Waals surface area contributed by atoms with Gasteiger partial charge in [-0.1, -0.05) is 52.3 Å². The van der Waals surface area contributed by atoms with Gasteiger partial charge in [0.05, 0.1) is 24.2 Å². The number of para-hydroxylation sites is 2. The molecule has 0 saturated carbocycles. The molecule has 3 heterocycles. The van der Waals surface area contributed by atoms with Crippen LogP contribution in [0, 0.1) is 13.8 Å². The molecule has 0 unspecified atom stereocenters. The van der Waals surface area contributed by atoms with Gasteiger partial charge in [0.15, 0.2) is 10.9 Å². The van der Waals surface area contributed by atoms with Crippen molar-refractivity contribution in [2.75, 3.05) is 38.2 Å². The molecule has 2 aromatic carbocycles. The van der Waals surface area contributed by atoms with Crippen molar-refractivity contribution in [2.24, 2.45) is 0 Å². The number of ether oxygens (including phenoxy) is 1. The lowest BCUT2D eigenvalue weighted by atomic mass is 10.2. The molecule has 1 amide bonds. The van der Waals surface area contributed by atoms with Crippen LogP contribution in [-0.4, -0.2) is 69.1 Å². The largest absolute Gasteiger partial charge is 0.495 e. The fourth-order valence-electron chi connectivity index (χ4n) is 4.55. The summed E-state index contributed by atoms with van der Waals surface area (Å²) in [7, 11) is 1.66. The van der Waals surface area contributed by atoms with Crippen LogP contribution in [0.2, 0.25) is 10.0 Å². The summed E-state index contributed by atoms with van der Waals surface area (Å²) in [6, 6.07) is 14.9. The average Bonchev–Trinajstić information content (AvgIpc) is 3.34. The van der Waals surface area contributed by atoms with Gasteiger partial charge in [-0.25, -0.2) is 14.6 Å². The van der Waals surface area contributed by atoms with E-state index in [4.69, 9.17) is 27.9 Å². The molecule has 0 radical (unpaired) electrons. The van der Waals surface area contributed by atoms with E-state index >= 15 is 0 Å². The van der Waals surface area contributed by atoms with Gasteiger partial charge in [0, 0.05) is 53.4 Å². The van der Waals surface area contributed by atoms with Crippen molar-refractivity contribution in [1.82, 2.24) is 29.9 Å². The van der Waals surface area contributed by atoms with Crippen LogP contribution in [-0.2, 0) is 5.75 Å². The van der Waals surface area contributed by atoms with Gasteiger partial charge in [-0.15, -0.1) is 5.10 Å². The van der Waals surface area contributed by atoms with E-state index in [2.05, 4.69) is 25.2 Å². The summed E-state index contributed by atoms with van der Waals surface area (Å²) in [5.74, 6) is 1.02. The first-order chi connectivity index (χ1) is 18.8. The predicted octanol–water partition coefficient (Wildman–Crippen LogP) is 5.24. The second kappa shape index (κ2) is 11.8. The first kappa shape index (κ1) is 27.2. The van der Waals surface area contributed by atoms with Gasteiger partial charge in [-0.05, 0) is 50.2 Å². The number of benzene rings is 2. The minimum Gasteiger partial charge on any atom is -0.495 e. The van der Waals surface area contributed by atoms with Gasteiger partial charge in [0.25, 0.3) is 5.91 Å². The number of carbonyl (C=O) groups excluding carboxylic acids is 1. The molecule has 39 heavy (non-hydrogen) atoms. The van der Waals surface area contributed by atoms with Crippen molar-refractivity contribution < 1.29 is 9.53 Å². The minimum absolute atomic E-state index is 0.175. The van der Waals surface area contributed by atoms with Crippen LogP contribution >= 0.6 is 35.0 Å². The number of aromatic nitrogens is 5. The maximum absolute atomic E-state index is 13.8. The predicted molar refractivity (Wildman–Crippen MR) is 154 cm³/mol. The molecule has 202 valence electrons. The number of carbonyl (C=O) groups is 1. The summed E-state index contributed by atoms with van der Waals surface area (Å²) < 4.78 is 7.14. The Morgan fingerprint density at radius 3 is 2.31 bits per heavy atom. The molecule has 5 rings (SSSR count). The first-order valence-electron chi connectivity index (χ1n) is 12.4. The lowest BCUT2D eigenvalue weighted by Gasteiger charge is -2.36. The summed E-state index contributed by atoms with van der Waals surface area (Å²) in [4.78, 5) is 26.9. The fourth-order valence-corrected chi connectivity index (χ4v) is 6.00. The molecule has 0 N–H and O–H groups in total. The van der Waals surface area contributed by atoms with Crippen LogP contribution in [0.15, 0.2) is 53.7 Å². The number of nitrogens with zero attached hydrogens (tertiary/aromatic N) is 7.